The second-order valence-electron chi connectivity index (χ2n) is 3.02. The van der Waals surface area contributed by atoms with Crippen LogP contribution >= 0.6 is 24.7 Å². The number of carboxylic acids is 1. The summed E-state index contributed by atoms with van der Waals surface area (Å²) in [5.41, 5.74) is 0.373. The molecule has 1 aromatic rings. The second kappa shape index (κ2) is 7.12. The van der Waals surface area contributed by atoms with E-state index in [-0.39, 0.29) is 0 Å². The Kier molecular flexibility index (Phi) is 7.35. The summed E-state index contributed by atoms with van der Waals surface area (Å²) in [6.45, 7) is 0. The molecule has 0 saturated carbocycles. The molecule has 15 heavy (non-hydrogen) atoms. The minimum atomic E-state index is -1.74. The van der Waals surface area contributed by atoms with Gasteiger partial charge in [-0.25, -0.2) is 0 Å². The summed E-state index contributed by atoms with van der Waals surface area (Å²) in [6, 6.07) is 0. The molecular formula is C6H4Cl3Hg3NO2. The van der Waals surface area contributed by atoms with E-state index >= 15 is 0 Å². The number of hydrogen-bond acceptors (Lipinski definition) is 1. The van der Waals surface area contributed by atoms with E-state index in [0.29, 0.717) is 5.69 Å². The summed E-state index contributed by atoms with van der Waals surface area (Å²) >= 11 is -4.99. The number of nitrogens with zero attached hydrogens (tertiary/aromatic N) is 1. The summed E-state index contributed by atoms with van der Waals surface area (Å²) in [6.07, 6.45) is 0. The molecule has 0 aliphatic heterocycles. The van der Waals surface area contributed by atoms with E-state index in [0.717, 1.165) is 9.35 Å². The fourth-order valence-corrected chi connectivity index (χ4v) is 61.3. The molecule has 0 aliphatic rings. The van der Waals surface area contributed by atoms with E-state index in [4.69, 9.17) is 29.9 Å². The topological polar surface area (TPSA) is 42.2 Å². The van der Waals surface area contributed by atoms with Crippen molar-refractivity contribution >= 4 is 40.1 Å². The number of rotatable bonds is 4. The van der Waals surface area contributed by atoms with Crippen LogP contribution in [0.2, 0.25) is 0 Å². The van der Waals surface area contributed by atoms with E-state index in [1.807, 2.05) is 0 Å². The monoisotopic (exact) mass is 832 g/mol. The van der Waals surface area contributed by atoms with Crippen molar-refractivity contribution in [3.8, 4) is 0 Å². The molecule has 0 aromatic carbocycles. The van der Waals surface area contributed by atoms with Crippen molar-refractivity contribution in [2.45, 2.75) is 0 Å². The third-order valence-corrected chi connectivity index (χ3v) is 37.1. The van der Waals surface area contributed by atoms with Crippen LogP contribution in [0.4, 0.5) is 0 Å². The normalized spacial score (nSPS) is 9.07. The molecule has 3 nitrogen and oxygen atoms in total. The van der Waals surface area contributed by atoms with Crippen LogP contribution in [0.3, 0.4) is 0 Å². The van der Waals surface area contributed by atoms with E-state index in [9.17, 15) is 4.79 Å². The fraction of sp³-hybridized carbons (Fsp3) is 0.167. The number of hydrogen-bond donors (Lipinski definition) is 1. The quantitative estimate of drug-likeness (QED) is 0.445. The third-order valence-electron chi connectivity index (χ3n) is 2.34. The molecule has 0 unspecified atom stereocenters. The predicted molar refractivity (Wildman–Crippen MR) is 48.8 cm³/mol. The van der Waals surface area contributed by atoms with Crippen molar-refractivity contribution in [1.29, 1.82) is 0 Å². The average Bonchev–Trinajstić information content (AvgIpc) is 2.49. The minimum absolute atomic E-state index is 0.373. The second-order valence-corrected chi connectivity index (χ2v) is 21.3. The molecule has 0 saturated heterocycles. The Morgan fingerprint density at radius 1 is 1.20 bits per heavy atom. The van der Waals surface area contributed by atoms with Gasteiger partial charge in [0.1, 0.15) is 0 Å². The SMILES string of the molecule is Cn1[c]([Hg][Cl])[c]([Hg][Cl])[c]([201Hg][Cl])c1C(=O)O. The molecule has 0 spiro atoms. The van der Waals surface area contributed by atoms with Crippen molar-refractivity contribution in [1.82, 2.24) is 4.57 Å². The summed E-state index contributed by atoms with van der Waals surface area (Å²) < 4.78 is 4.90. The zero-order chi connectivity index (χ0) is 11.6. The van der Waals surface area contributed by atoms with Gasteiger partial charge in [-0.1, -0.05) is 0 Å². The van der Waals surface area contributed by atoms with Crippen LogP contribution in [0.15, 0.2) is 0 Å². The van der Waals surface area contributed by atoms with Gasteiger partial charge in [-0.05, 0) is 0 Å². The zero-order valence-electron chi connectivity index (χ0n) is 8.06. The molecule has 1 rings (SSSR count). The first-order valence-electron chi connectivity index (χ1n) is 4.18. The molecule has 1 aromatic heterocycles. The molecule has 1 N–H and O–H groups in total. The van der Waals surface area contributed by atoms with Gasteiger partial charge in [0, 0.05) is 0 Å². The van der Waals surface area contributed by atoms with Gasteiger partial charge >= 0.3 is 137 Å². The van der Waals surface area contributed by atoms with Gasteiger partial charge in [-0.15, -0.1) is 0 Å². The Morgan fingerprint density at radius 2 is 1.73 bits per heavy atom. The van der Waals surface area contributed by atoms with E-state index < -0.39 is 76.0 Å². The van der Waals surface area contributed by atoms with Crippen molar-refractivity contribution in [2.75, 3.05) is 0 Å². The van der Waals surface area contributed by atoms with Crippen LogP contribution in [0.25, 0.3) is 0 Å². The first-order chi connectivity index (χ1) is 7.08. The molecule has 0 radical (unpaired) electrons. The van der Waals surface area contributed by atoms with Crippen LogP contribution in [-0.2, 0) is 77.1 Å². The molecule has 9 heteroatoms. The van der Waals surface area contributed by atoms with Gasteiger partial charge in [0.25, 0.3) is 0 Å². The standard InChI is InChI=1S/C6H4NO2.3ClH.3Hg/c1-7-4-2-3-5(7)6(8)9;;;;;;/h1H3,(H,8,9);3*1H;;;/q;;;;3*+1/p-3/i;;;;1+0;;. The van der Waals surface area contributed by atoms with Crippen LogP contribution in [0.1, 0.15) is 10.5 Å². The first-order valence-corrected chi connectivity index (χ1v) is 32.7. The van der Waals surface area contributed by atoms with E-state index in [2.05, 4.69) is 0 Å². The molecule has 0 amide bonds. The summed E-state index contributed by atoms with van der Waals surface area (Å²) in [7, 11) is 19.9. The van der Waals surface area contributed by atoms with Crippen molar-refractivity contribution < 1.29 is 79.9 Å². The third kappa shape index (κ3) is 3.25. The molecule has 1 heterocycles. The van der Waals surface area contributed by atoms with E-state index in [1.165, 1.54) is 0 Å². The van der Waals surface area contributed by atoms with Gasteiger partial charge < -0.3 is 0 Å². The van der Waals surface area contributed by atoms with Crippen LogP contribution < -0.4 is 9.35 Å². The van der Waals surface area contributed by atoms with Crippen LogP contribution in [0, 0.1) is 0 Å². The number of carboxylic acid groups (broad SMARTS) is 1. The van der Waals surface area contributed by atoms with Crippen molar-refractivity contribution in [2.24, 2.45) is 7.05 Å². The van der Waals surface area contributed by atoms with Crippen LogP contribution in [0.5, 0.6) is 0 Å². The number of aromatic carboxylic acids is 1. The van der Waals surface area contributed by atoms with Gasteiger partial charge in [0.15, 0.2) is 0 Å². The molecule has 0 bridgehead atoms. The van der Waals surface area contributed by atoms with Gasteiger partial charge in [-0.3, -0.25) is 0 Å². The van der Waals surface area contributed by atoms with Gasteiger partial charge in [0.2, 0.25) is 0 Å². The van der Waals surface area contributed by atoms with E-state index in [1.54, 1.807) is 11.6 Å². The van der Waals surface area contributed by atoms with Crippen molar-refractivity contribution in [3.05, 3.63) is 5.69 Å². The maximum atomic E-state index is 11.1. The maximum absolute atomic E-state index is 11.1. The van der Waals surface area contributed by atoms with Gasteiger partial charge in [-0.2, -0.15) is 0 Å². The summed E-state index contributed by atoms with van der Waals surface area (Å²) in [4.78, 5) is 11.1. The Balaban J connectivity index is 3.51. The Hall–Kier alpha value is 2.43. The van der Waals surface area contributed by atoms with Crippen molar-refractivity contribution in [3.63, 3.8) is 0 Å². The number of carbonyl (C=O) groups is 1. The Morgan fingerprint density at radius 3 is 2.07 bits per heavy atom. The number of halogens is 3. The molecular weight excluding hydrogens is 827 g/mol. The average molecular weight is 831 g/mol. The number of aromatic nitrogens is 1. The van der Waals surface area contributed by atoms with Crippen LogP contribution in [-0.4, -0.2) is 15.6 Å². The first kappa shape index (κ1) is 15.5. The Labute approximate surface area is 134 Å². The van der Waals surface area contributed by atoms with Gasteiger partial charge in [0.05, 0.1) is 0 Å². The molecule has 72 valence electrons. The fourth-order valence-electron chi connectivity index (χ4n) is 1.60. The summed E-state index contributed by atoms with van der Waals surface area (Å²) in [5.74, 6) is -0.891. The zero-order valence-corrected chi connectivity index (χ0v) is 26.8. The Bertz CT molecular complexity index is 395. The molecule has 0 aliphatic carbocycles. The predicted octanol–water partition coefficient (Wildman–Crippen LogP) is 0.308. The molecule has 0 fully saturated rings. The molecule has 0 atom stereocenters. The summed E-state index contributed by atoms with van der Waals surface area (Å²) in [5, 5.41) is 9.13.